The Morgan fingerprint density at radius 3 is 1.50 bits per heavy atom. The summed E-state index contributed by atoms with van der Waals surface area (Å²) in [6.07, 6.45) is 1.84. The summed E-state index contributed by atoms with van der Waals surface area (Å²) in [5.74, 6) is 0.620. The van der Waals surface area contributed by atoms with Crippen LogP contribution in [0.2, 0.25) is 0 Å². The zero-order valence-electron chi connectivity index (χ0n) is 31.7. The van der Waals surface area contributed by atoms with Crippen LogP contribution in [0.4, 0.5) is 0 Å². The number of hydrogen-bond acceptors (Lipinski definition) is 3. The first-order chi connectivity index (χ1) is 22.2. The van der Waals surface area contributed by atoms with E-state index in [1.54, 1.807) is 0 Å². The molecule has 3 nitrogen and oxygen atoms in total. The number of benzene rings is 3. The van der Waals surface area contributed by atoms with Crippen LogP contribution in [0, 0.1) is 11.5 Å². The van der Waals surface area contributed by atoms with Crippen molar-refractivity contribution in [3.05, 3.63) is 113 Å². The molecule has 0 spiro atoms. The third kappa shape index (κ3) is 6.12. The van der Waals surface area contributed by atoms with Gasteiger partial charge in [0.1, 0.15) is 0 Å². The Bertz CT molecular complexity index is 1920. The largest absolute Gasteiger partial charge is 0.304 e. The van der Waals surface area contributed by atoms with Gasteiger partial charge in [-0.3, -0.25) is 0 Å². The van der Waals surface area contributed by atoms with Gasteiger partial charge in [0.05, 0.1) is 11.4 Å². The van der Waals surface area contributed by atoms with Gasteiger partial charge in [-0.1, -0.05) is 144 Å². The predicted octanol–water partition coefficient (Wildman–Crippen LogP) is 11.5. The molecule has 1 aliphatic rings. The van der Waals surface area contributed by atoms with Gasteiger partial charge in [0, 0.05) is 43.0 Å². The molecule has 1 aliphatic carbocycles. The van der Waals surface area contributed by atoms with Gasteiger partial charge in [0.15, 0.2) is 5.82 Å². The maximum atomic E-state index is 9.35. The summed E-state index contributed by atoms with van der Waals surface area (Å²) in [7, 11) is 0. The predicted molar refractivity (Wildman–Crippen MR) is 198 cm³/mol. The molecule has 48 heavy (non-hydrogen) atoms. The van der Waals surface area contributed by atoms with Crippen LogP contribution < -0.4 is 0 Å². The van der Waals surface area contributed by atoms with E-state index in [-0.39, 0.29) is 47.2 Å². The van der Waals surface area contributed by atoms with Crippen LogP contribution in [-0.2, 0) is 41.8 Å². The van der Waals surface area contributed by atoms with Gasteiger partial charge < -0.3 is 4.98 Å². The van der Waals surface area contributed by atoms with Crippen molar-refractivity contribution in [3.63, 3.8) is 0 Å². The van der Waals surface area contributed by atoms with E-state index < -0.39 is 0 Å². The van der Waals surface area contributed by atoms with Crippen molar-refractivity contribution in [2.45, 2.75) is 105 Å². The van der Waals surface area contributed by atoms with Crippen molar-refractivity contribution in [1.29, 1.82) is 0 Å². The Labute approximate surface area is 303 Å². The summed E-state index contributed by atoms with van der Waals surface area (Å²) in [5.41, 5.74) is 10.9. The Hall–Kier alpha value is -3.46. The number of aromatic nitrogens is 3. The maximum absolute atomic E-state index is 9.35. The van der Waals surface area contributed by atoms with Gasteiger partial charge in [-0.05, 0) is 51.3 Å². The maximum Gasteiger partial charge on any atom is 0.161 e. The molecule has 0 fully saturated rings. The summed E-state index contributed by atoms with van der Waals surface area (Å²) >= 11 is 0. The quantitative estimate of drug-likeness (QED) is 0.170. The normalized spacial score (nSPS) is 16.5. The van der Waals surface area contributed by atoms with Crippen LogP contribution in [-0.4, -0.2) is 15.0 Å². The first kappa shape index (κ1) is 34.4. The first-order valence-corrected chi connectivity index (χ1v) is 16.9. The number of rotatable bonds is 4. The van der Waals surface area contributed by atoms with Crippen molar-refractivity contribution in [2.75, 3.05) is 0 Å². The van der Waals surface area contributed by atoms with Gasteiger partial charge in [-0.25, -0.2) is 9.97 Å². The molecule has 2 heterocycles. The molecule has 0 unspecified atom stereocenters. The molecular formula is C44H50IrN3-. The van der Waals surface area contributed by atoms with E-state index in [0.717, 1.165) is 44.9 Å². The second-order valence-corrected chi connectivity index (χ2v) is 17.0. The molecular weight excluding hydrogens is 763 g/mol. The average molecular weight is 814 g/mol. The van der Waals surface area contributed by atoms with E-state index in [4.69, 9.17) is 15.0 Å². The minimum atomic E-state index is -0.173. The fourth-order valence-electron chi connectivity index (χ4n) is 6.83. The second kappa shape index (κ2) is 12.1. The second-order valence-electron chi connectivity index (χ2n) is 17.0. The molecule has 0 atom stereocenters. The number of hydrogen-bond donors (Lipinski definition) is 0. The van der Waals surface area contributed by atoms with Crippen LogP contribution in [0.15, 0.2) is 85.0 Å². The van der Waals surface area contributed by atoms with Gasteiger partial charge >= 0.3 is 0 Å². The van der Waals surface area contributed by atoms with Crippen molar-refractivity contribution in [1.82, 2.24) is 15.0 Å². The molecule has 4 heteroatoms. The molecule has 0 amide bonds. The molecule has 2 aromatic heterocycles. The molecule has 251 valence electrons. The van der Waals surface area contributed by atoms with E-state index >= 15 is 0 Å². The molecule has 0 aliphatic heterocycles. The Morgan fingerprint density at radius 1 is 0.604 bits per heavy atom. The topological polar surface area (TPSA) is 38.7 Å². The Morgan fingerprint density at radius 2 is 1.06 bits per heavy atom. The summed E-state index contributed by atoms with van der Waals surface area (Å²) < 4.78 is 9.35. The smallest absolute Gasteiger partial charge is 0.161 e. The van der Waals surface area contributed by atoms with E-state index in [1.165, 1.54) is 16.7 Å². The zero-order chi connectivity index (χ0) is 35.0. The Kier molecular flexibility index (Phi) is 8.71. The van der Waals surface area contributed by atoms with Gasteiger partial charge in [-0.2, -0.15) is 0 Å². The summed E-state index contributed by atoms with van der Waals surface area (Å²) in [6.45, 7) is 27.1. The molecule has 0 N–H and O–H groups in total. The Balaban J connectivity index is 0.00000468. The van der Waals surface area contributed by atoms with E-state index in [0.29, 0.717) is 11.9 Å². The van der Waals surface area contributed by atoms with Crippen LogP contribution in [0.25, 0.3) is 45.2 Å². The number of fused-ring (bicyclic) bond motifs is 1. The fraction of sp³-hybridized carbons (Fsp3) is 0.386. The van der Waals surface area contributed by atoms with E-state index in [1.807, 2.05) is 18.3 Å². The molecule has 5 aromatic rings. The van der Waals surface area contributed by atoms with Gasteiger partial charge in [0.2, 0.25) is 0 Å². The molecule has 0 saturated carbocycles. The average Bonchev–Trinajstić information content (AvgIpc) is 3.14. The summed E-state index contributed by atoms with van der Waals surface area (Å²) in [6, 6.07) is 29.6. The minimum absolute atomic E-state index is 0. The van der Waals surface area contributed by atoms with E-state index in [2.05, 4.69) is 150 Å². The van der Waals surface area contributed by atoms with Crippen LogP contribution in [0.5, 0.6) is 0 Å². The van der Waals surface area contributed by atoms with Crippen molar-refractivity contribution < 1.29 is 21.5 Å². The standard InChI is InChI=1S/C44H50N3.Ir/c1-40(2,3)32-19-13-28(14-20-32)37-26-38(29-15-21-33(22-16-29)41(4,5)6)47-39(46-37)31-18-24-36(45-27-31)30-17-23-34-35(25-30)43(9,10)44(11,12)42(34,7)8;/h13-16,18-27H,1-12H3;/q-1;/i25D;. The molecule has 1 radical (unpaired) electrons. The third-order valence-electron chi connectivity index (χ3n) is 11.4. The number of nitrogens with zero attached hydrogens (tertiary/aromatic N) is 3. The van der Waals surface area contributed by atoms with Crippen LogP contribution in [0.1, 0.15) is 107 Å². The van der Waals surface area contributed by atoms with Crippen molar-refractivity contribution >= 4 is 0 Å². The third-order valence-corrected chi connectivity index (χ3v) is 11.4. The monoisotopic (exact) mass is 814 g/mol. The van der Waals surface area contributed by atoms with Gasteiger partial charge in [0.25, 0.3) is 0 Å². The van der Waals surface area contributed by atoms with Gasteiger partial charge in [-0.15, -0.1) is 34.9 Å². The molecule has 0 saturated heterocycles. The number of pyridine rings is 1. The van der Waals surface area contributed by atoms with Crippen LogP contribution in [0.3, 0.4) is 0 Å². The SMILES string of the molecule is [2H]c1c(-c2ccc(-c3nc(-c4ccc(C(C)(C)C)cc4)cc(-c4ccc(C(C)(C)C)cc4)n3)cn2)[c-]cc2c1C(C)(C)C(C)(C)C2(C)C.[Ir]. The van der Waals surface area contributed by atoms with E-state index in [9.17, 15) is 1.37 Å². The fourth-order valence-corrected chi connectivity index (χ4v) is 6.83. The first-order valence-electron chi connectivity index (χ1n) is 17.4. The minimum Gasteiger partial charge on any atom is -0.304 e. The summed E-state index contributed by atoms with van der Waals surface area (Å²) in [4.78, 5) is 15.0. The molecule has 6 rings (SSSR count). The molecule has 0 bridgehead atoms. The van der Waals surface area contributed by atoms with Crippen molar-refractivity contribution in [2.24, 2.45) is 5.41 Å². The molecule has 3 aromatic carbocycles. The summed E-state index contributed by atoms with van der Waals surface area (Å²) in [5, 5.41) is 0. The van der Waals surface area contributed by atoms with Crippen LogP contribution >= 0.6 is 0 Å². The van der Waals surface area contributed by atoms with Crippen molar-refractivity contribution in [3.8, 4) is 45.2 Å². The zero-order valence-corrected chi connectivity index (χ0v) is 33.1.